The maximum atomic E-state index is 11.6. The van der Waals surface area contributed by atoms with Crippen molar-refractivity contribution in [3.05, 3.63) is 46.1 Å². The molecule has 1 aromatic heterocycles. The zero-order valence-corrected chi connectivity index (χ0v) is 12.0. The molecular weight excluding hydrogens is 310 g/mol. The molecule has 2 aromatic rings. The molecular formula is C13H14BrN3O2. The lowest BCUT2D eigenvalue weighted by Crippen LogP contribution is -2.30. The number of hydrogen-bond donors (Lipinski definition) is 2. The summed E-state index contributed by atoms with van der Waals surface area (Å²) < 4.78 is 5.90. The van der Waals surface area contributed by atoms with E-state index in [9.17, 15) is 4.79 Å². The van der Waals surface area contributed by atoms with Gasteiger partial charge in [-0.1, -0.05) is 39.3 Å². The first-order valence-corrected chi connectivity index (χ1v) is 6.66. The number of halogens is 1. The van der Waals surface area contributed by atoms with E-state index in [1.165, 1.54) is 0 Å². The van der Waals surface area contributed by atoms with E-state index in [0.717, 1.165) is 16.5 Å². The number of carbonyl (C=O) groups excluding carboxylic acids is 1. The number of benzene rings is 1. The molecule has 0 bridgehead atoms. The zero-order chi connectivity index (χ0) is 13.7. The largest absolute Gasteiger partial charge is 0.360 e. The van der Waals surface area contributed by atoms with Gasteiger partial charge in [0.15, 0.2) is 5.82 Å². The Morgan fingerprint density at radius 2 is 2.21 bits per heavy atom. The molecule has 1 heterocycles. The molecule has 2 rings (SSSR count). The van der Waals surface area contributed by atoms with Crippen LogP contribution in [0.4, 0.5) is 10.6 Å². The van der Waals surface area contributed by atoms with Crippen molar-refractivity contribution in [3.63, 3.8) is 0 Å². The van der Waals surface area contributed by atoms with Gasteiger partial charge in [-0.15, -0.1) is 0 Å². The fourth-order valence-electron chi connectivity index (χ4n) is 1.60. The van der Waals surface area contributed by atoms with Crippen LogP contribution < -0.4 is 10.6 Å². The van der Waals surface area contributed by atoms with Crippen LogP contribution in [0.5, 0.6) is 0 Å². The SMILES string of the molecule is Cc1cc(NC(=O)NCCc2ccccc2Br)no1. The maximum absolute atomic E-state index is 11.6. The molecule has 0 fully saturated rings. The number of nitrogens with one attached hydrogen (secondary N) is 2. The van der Waals surface area contributed by atoms with Crippen LogP contribution in [-0.4, -0.2) is 17.7 Å². The molecule has 0 atom stereocenters. The molecule has 0 unspecified atom stereocenters. The molecule has 0 aliphatic heterocycles. The molecule has 0 saturated carbocycles. The first-order chi connectivity index (χ1) is 9.15. The number of nitrogens with zero attached hydrogens (tertiary/aromatic N) is 1. The highest BCUT2D eigenvalue weighted by Crippen LogP contribution is 2.15. The first kappa shape index (κ1) is 13.6. The number of aromatic nitrogens is 1. The number of aryl methyl sites for hydroxylation is 1. The minimum atomic E-state index is -0.291. The average Bonchev–Trinajstić information content (AvgIpc) is 2.77. The molecule has 2 N–H and O–H groups in total. The topological polar surface area (TPSA) is 67.2 Å². The van der Waals surface area contributed by atoms with Crippen molar-refractivity contribution in [2.24, 2.45) is 0 Å². The summed E-state index contributed by atoms with van der Waals surface area (Å²) in [6.07, 6.45) is 0.757. The van der Waals surface area contributed by atoms with E-state index in [4.69, 9.17) is 4.52 Å². The van der Waals surface area contributed by atoms with Crippen molar-refractivity contribution < 1.29 is 9.32 Å². The van der Waals surface area contributed by atoms with Crippen LogP contribution in [0.1, 0.15) is 11.3 Å². The summed E-state index contributed by atoms with van der Waals surface area (Å²) in [7, 11) is 0. The van der Waals surface area contributed by atoms with Crippen molar-refractivity contribution >= 4 is 27.8 Å². The molecule has 100 valence electrons. The summed E-state index contributed by atoms with van der Waals surface area (Å²) in [5.74, 6) is 1.07. The van der Waals surface area contributed by atoms with Crippen LogP contribution in [0.3, 0.4) is 0 Å². The van der Waals surface area contributed by atoms with E-state index in [0.29, 0.717) is 18.1 Å². The molecule has 0 aliphatic rings. The number of hydrogen-bond acceptors (Lipinski definition) is 3. The lowest BCUT2D eigenvalue weighted by atomic mass is 10.1. The van der Waals surface area contributed by atoms with Crippen LogP contribution in [-0.2, 0) is 6.42 Å². The summed E-state index contributed by atoms with van der Waals surface area (Å²) >= 11 is 3.47. The summed E-state index contributed by atoms with van der Waals surface area (Å²) in [6.45, 7) is 2.31. The Kier molecular flexibility index (Phi) is 4.57. The summed E-state index contributed by atoms with van der Waals surface area (Å²) in [5, 5.41) is 9.04. The fraction of sp³-hybridized carbons (Fsp3) is 0.231. The fourth-order valence-corrected chi connectivity index (χ4v) is 2.08. The molecule has 0 radical (unpaired) electrons. The number of rotatable bonds is 4. The Morgan fingerprint density at radius 1 is 1.42 bits per heavy atom. The minimum Gasteiger partial charge on any atom is -0.360 e. The summed E-state index contributed by atoms with van der Waals surface area (Å²) in [6, 6.07) is 9.30. The van der Waals surface area contributed by atoms with E-state index in [-0.39, 0.29) is 6.03 Å². The Hall–Kier alpha value is -1.82. The highest BCUT2D eigenvalue weighted by atomic mass is 79.9. The van der Waals surface area contributed by atoms with Crippen LogP contribution in [0.15, 0.2) is 39.3 Å². The number of amides is 2. The quantitative estimate of drug-likeness (QED) is 0.908. The van der Waals surface area contributed by atoms with Crippen molar-refractivity contribution in [1.29, 1.82) is 0 Å². The highest BCUT2D eigenvalue weighted by molar-refractivity contribution is 9.10. The van der Waals surface area contributed by atoms with Gasteiger partial charge in [0.2, 0.25) is 0 Å². The number of urea groups is 1. The van der Waals surface area contributed by atoms with E-state index >= 15 is 0 Å². The zero-order valence-electron chi connectivity index (χ0n) is 10.4. The predicted octanol–water partition coefficient (Wildman–Crippen LogP) is 3.11. The molecule has 0 saturated heterocycles. The maximum Gasteiger partial charge on any atom is 0.320 e. The lowest BCUT2D eigenvalue weighted by Gasteiger charge is -2.06. The van der Waals surface area contributed by atoms with Crippen LogP contribution >= 0.6 is 15.9 Å². The van der Waals surface area contributed by atoms with E-state index < -0.39 is 0 Å². The third-order valence-electron chi connectivity index (χ3n) is 2.51. The Labute approximate surface area is 119 Å². The van der Waals surface area contributed by atoms with Gasteiger partial charge in [0, 0.05) is 17.1 Å². The van der Waals surface area contributed by atoms with Crippen LogP contribution in [0.25, 0.3) is 0 Å². The first-order valence-electron chi connectivity index (χ1n) is 5.87. The summed E-state index contributed by atoms with van der Waals surface area (Å²) in [5.41, 5.74) is 1.15. The number of carbonyl (C=O) groups is 1. The second kappa shape index (κ2) is 6.38. The van der Waals surface area contributed by atoms with Crippen molar-refractivity contribution in [2.45, 2.75) is 13.3 Å². The monoisotopic (exact) mass is 323 g/mol. The van der Waals surface area contributed by atoms with E-state index in [1.807, 2.05) is 24.3 Å². The van der Waals surface area contributed by atoms with Crippen molar-refractivity contribution in [3.8, 4) is 0 Å². The average molecular weight is 324 g/mol. The van der Waals surface area contributed by atoms with Gasteiger partial charge >= 0.3 is 6.03 Å². The second-order valence-corrected chi connectivity index (χ2v) is 4.90. The molecule has 0 spiro atoms. The highest BCUT2D eigenvalue weighted by Gasteiger charge is 2.05. The molecule has 0 aliphatic carbocycles. The second-order valence-electron chi connectivity index (χ2n) is 4.05. The summed E-state index contributed by atoms with van der Waals surface area (Å²) in [4.78, 5) is 11.6. The van der Waals surface area contributed by atoms with Gasteiger partial charge in [-0.3, -0.25) is 5.32 Å². The Bertz CT molecular complexity index is 569. The van der Waals surface area contributed by atoms with Gasteiger partial charge in [0.1, 0.15) is 5.76 Å². The molecule has 5 nitrogen and oxygen atoms in total. The standard InChI is InChI=1S/C13H14BrN3O2/c1-9-8-12(17-19-9)16-13(18)15-7-6-10-4-2-3-5-11(10)14/h2-5,8H,6-7H2,1H3,(H2,15,16,17,18). The lowest BCUT2D eigenvalue weighted by molar-refractivity contribution is 0.252. The van der Waals surface area contributed by atoms with Crippen LogP contribution in [0.2, 0.25) is 0 Å². The van der Waals surface area contributed by atoms with Gasteiger partial charge in [-0.25, -0.2) is 4.79 Å². The van der Waals surface area contributed by atoms with Gasteiger partial charge in [-0.2, -0.15) is 0 Å². The van der Waals surface area contributed by atoms with Crippen LogP contribution in [0, 0.1) is 6.92 Å². The molecule has 1 aromatic carbocycles. The predicted molar refractivity (Wildman–Crippen MR) is 76.1 cm³/mol. The third-order valence-corrected chi connectivity index (χ3v) is 3.28. The minimum absolute atomic E-state index is 0.291. The Balaban J connectivity index is 1.77. The molecule has 6 heteroatoms. The molecule has 19 heavy (non-hydrogen) atoms. The van der Waals surface area contributed by atoms with E-state index in [2.05, 4.69) is 31.7 Å². The molecule has 2 amide bonds. The van der Waals surface area contributed by atoms with E-state index in [1.54, 1.807) is 13.0 Å². The van der Waals surface area contributed by atoms with Gasteiger partial charge in [0.05, 0.1) is 0 Å². The Morgan fingerprint density at radius 3 is 2.89 bits per heavy atom. The van der Waals surface area contributed by atoms with Crippen molar-refractivity contribution in [2.75, 3.05) is 11.9 Å². The third kappa shape index (κ3) is 4.10. The smallest absolute Gasteiger partial charge is 0.320 e. The normalized spacial score (nSPS) is 10.2. The van der Waals surface area contributed by atoms with Gasteiger partial charge in [-0.05, 0) is 25.0 Å². The number of anilines is 1. The van der Waals surface area contributed by atoms with Gasteiger partial charge < -0.3 is 9.84 Å². The van der Waals surface area contributed by atoms with Gasteiger partial charge in [0.25, 0.3) is 0 Å². The van der Waals surface area contributed by atoms with Crippen molar-refractivity contribution in [1.82, 2.24) is 10.5 Å².